The zero-order valence-electron chi connectivity index (χ0n) is 17.6. The number of aromatic nitrogens is 2. The van der Waals surface area contributed by atoms with Crippen LogP contribution in [0, 0.1) is 0 Å². The molecule has 1 saturated carbocycles. The Kier molecular flexibility index (Phi) is 6.94. The fourth-order valence-corrected chi connectivity index (χ4v) is 3.80. The second-order valence-corrected chi connectivity index (χ2v) is 7.88. The number of benzene rings is 1. The molecule has 0 radical (unpaired) electrons. The summed E-state index contributed by atoms with van der Waals surface area (Å²) in [4.78, 5) is 40.8. The maximum atomic E-state index is 13.3. The Labute approximate surface area is 179 Å². The van der Waals surface area contributed by atoms with Crippen molar-refractivity contribution in [3.63, 3.8) is 0 Å². The molecule has 1 heterocycles. The molecule has 3 N–H and O–H groups in total. The molecule has 0 spiro atoms. The van der Waals surface area contributed by atoms with Crippen LogP contribution in [0.3, 0.4) is 0 Å². The van der Waals surface area contributed by atoms with E-state index >= 15 is 0 Å². The number of carboxylic acids is 1. The largest absolute Gasteiger partial charge is 0.493 e. The topological polar surface area (TPSA) is 131 Å². The highest BCUT2D eigenvalue weighted by Gasteiger charge is 2.28. The molecule has 2 aromatic rings. The molecule has 9 nitrogen and oxygen atoms in total. The molecule has 0 unspecified atom stereocenters. The normalized spacial score (nSPS) is 14.4. The second kappa shape index (κ2) is 9.63. The zero-order chi connectivity index (χ0) is 22.5. The lowest BCUT2D eigenvalue weighted by Gasteiger charge is -2.25. The first kappa shape index (κ1) is 22.3. The van der Waals surface area contributed by atoms with Crippen LogP contribution in [0.2, 0.25) is 0 Å². The SMILES string of the molecule is CC(C)Oc1ccc(-n2c(C3CCCCC3)nc(O)c(C(=O)NCC(=O)O)c2=O)cc1. The Morgan fingerprint density at radius 2 is 1.84 bits per heavy atom. The van der Waals surface area contributed by atoms with Gasteiger partial charge in [0.25, 0.3) is 11.5 Å². The van der Waals surface area contributed by atoms with E-state index in [0.29, 0.717) is 17.3 Å². The average Bonchev–Trinajstić information content (AvgIpc) is 2.73. The molecule has 31 heavy (non-hydrogen) atoms. The summed E-state index contributed by atoms with van der Waals surface area (Å²) in [6.07, 6.45) is 4.72. The van der Waals surface area contributed by atoms with E-state index in [1.165, 1.54) is 4.57 Å². The number of nitrogens with one attached hydrogen (secondary N) is 1. The number of aromatic hydroxyl groups is 1. The van der Waals surface area contributed by atoms with Crippen LogP contribution in [-0.2, 0) is 4.79 Å². The van der Waals surface area contributed by atoms with Crippen LogP contribution in [0.5, 0.6) is 11.6 Å². The summed E-state index contributed by atoms with van der Waals surface area (Å²) in [6, 6.07) is 6.85. The van der Waals surface area contributed by atoms with Gasteiger partial charge in [-0.3, -0.25) is 19.0 Å². The fourth-order valence-electron chi connectivity index (χ4n) is 3.80. The number of nitrogens with zero attached hydrogens (tertiary/aromatic N) is 2. The van der Waals surface area contributed by atoms with E-state index < -0.39 is 35.4 Å². The van der Waals surface area contributed by atoms with Gasteiger partial charge >= 0.3 is 5.97 Å². The lowest BCUT2D eigenvalue weighted by molar-refractivity contribution is -0.135. The highest BCUT2D eigenvalue weighted by atomic mass is 16.5. The van der Waals surface area contributed by atoms with Crippen LogP contribution >= 0.6 is 0 Å². The highest BCUT2D eigenvalue weighted by Crippen LogP contribution is 2.33. The molecule has 3 rings (SSSR count). The summed E-state index contributed by atoms with van der Waals surface area (Å²) >= 11 is 0. The minimum atomic E-state index is -1.26. The third-order valence-electron chi connectivity index (χ3n) is 5.15. The quantitative estimate of drug-likeness (QED) is 0.616. The summed E-state index contributed by atoms with van der Waals surface area (Å²) in [5, 5.41) is 21.3. The predicted molar refractivity (Wildman–Crippen MR) is 113 cm³/mol. The average molecular weight is 429 g/mol. The van der Waals surface area contributed by atoms with Crippen molar-refractivity contribution < 1.29 is 24.5 Å². The number of carbonyl (C=O) groups excluding carboxylic acids is 1. The summed E-state index contributed by atoms with van der Waals surface area (Å²) in [5.41, 5.74) is -0.835. The standard InChI is InChI=1S/C22H27N3O6/c1-13(2)31-16-10-8-15(9-11-16)25-19(14-6-4-3-5-7-14)24-21(29)18(22(25)30)20(28)23-12-17(26)27/h8-11,13-14,29H,3-7,12H2,1-2H3,(H,23,28)(H,26,27). The first-order chi connectivity index (χ1) is 14.8. The monoisotopic (exact) mass is 429 g/mol. The van der Waals surface area contributed by atoms with Crippen molar-refractivity contribution in [1.29, 1.82) is 0 Å². The van der Waals surface area contributed by atoms with E-state index in [0.717, 1.165) is 32.1 Å². The number of carbonyl (C=O) groups is 2. The number of hydrogen-bond acceptors (Lipinski definition) is 6. The third kappa shape index (κ3) is 5.22. The lowest BCUT2D eigenvalue weighted by Crippen LogP contribution is -2.37. The van der Waals surface area contributed by atoms with Gasteiger partial charge in [0.2, 0.25) is 5.88 Å². The molecule has 1 fully saturated rings. The van der Waals surface area contributed by atoms with Crippen molar-refractivity contribution in [2.24, 2.45) is 0 Å². The number of amides is 1. The summed E-state index contributed by atoms with van der Waals surface area (Å²) < 4.78 is 6.99. The summed E-state index contributed by atoms with van der Waals surface area (Å²) in [5.74, 6) is -1.94. The van der Waals surface area contributed by atoms with Gasteiger partial charge in [0.05, 0.1) is 11.8 Å². The molecule has 1 aliphatic rings. The molecule has 1 amide bonds. The van der Waals surface area contributed by atoms with Crippen LogP contribution < -0.4 is 15.6 Å². The Hall–Kier alpha value is -3.36. The van der Waals surface area contributed by atoms with Crippen LogP contribution in [0.15, 0.2) is 29.1 Å². The Bertz CT molecular complexity index is 1010. The van der Waals surface area contributed by atoms with E-state index in [-0.39, 0.29) is 12.0 Å². The Balaban J connectivity index is 2.10. The summed E-state index contributed by atoms with van der Waals surface area (Å²) in [7, 11) is 0. The molecule has 1 aromatic heterocycles. The van der Waals surface area contributed by atoms with Crippen molar-refractivity contribution in [3.8, 4) is 17.3 Å². The molecule has 166 valence electrons. The van der Waals surface area contributed by atoms with E-state index in [9.17, 15) is 19.5 Å². The minimum absolute atomic E-state index is 0.00811. The molecular formula is C22H27N3O6. The first-order valence-electron chi connectivity index (χ1n) is 10.4. The minimum Gasteiger partial charge on any atom is -0.493 e. The lowest BCUT2D eigenvalue weighted by atomic mass is 9.88. The maximum Gasteiger partial charge on any atom is 0.322 e. The van der Waals surface area contributed by atoms with Gasteiger partial charge in [-0.25, -0.2) is 0 Å². The molecule has 0 aliphatic heterocycles. The van der Waals surface area contributed by atoms with Crippen LogP contribution in [0.1, 0.15) is 68.1 Å². The number of aliphatic carboxylic acids is 1. The van der Waals surface area contributed by atoms with E-state index in [4.69, 9.17) is 9.84 Å². The number of rotatable bonds is 7. The van der Waals surface area contributed by atoms with Gasteiger partial charge in [0.15, 0.2) is 5.56 Å². The van der Waals surface area contributed by atoms with Crippen molar-refractivity contribution in [3.05, 3.63) is 46.0 Å². The van der Waals surface area contributed by atoms with Gasteiger partial charge in [-0.1, -0.05) is 19.3 Å². The van der Waals surface area contributed by atoms with Crippen LogP contribution in [0.4, 0.5) is 0 Å². The van der Waals surface area contributed by atoms with Gasteiger partial charge in [0, 0.05) is 5.92 Å². The molecule has 9 heteroatoms. The molecule has 0 saturated heterocycles. The zero-order valence-corrected chi connectivity index (χ0v) is 17.6. The van der Waals surface area contributed by atoms with Crippen molar-refractivity contribution in [2.75, 3.05) is 6.54 Å². The summed E-state index contributed by atoms with van der Waals surface area (Å²) in [6.45, 7) is 3.14. The predicted octanol–water partition coefficient (Wildman–Crippen LogP) is 2.59. The van der Waals surface area contributed by atoms with E-state index in [1.807, 2.05) is 13.8 Å². The van der Waals surface area contributed by atoms with Gasteiger partial charge in [-0.2, -0.15) is 4.98 Å². The van der Waals surface area contributed by atoms with Crippen LogP contribution in [-0.4, -0.2) is 44.3 Å². The molecule has 1 aromatic carbocycles. The third-order valence-corrected chi connectivity index (χ3v) is 5.15. The number of hydrogen-bond donors (Lipinski definition) is 3. The Morgan fingerprint density at radius 3 is 2.42 bits per heavy atom. The van der Waals surface area contributed by atoms with Crippen molar-refractivity contribution in [2.45, 2.75) is 58.0 Å². The Morgan fingerprint density at radius 1 is 1.19 bits per heavy atom. The van der Waals surface area contributed by atoms with E-state index in [2.05, 4.69) is 10.3 Å². The van der Waals surface area contributed by atoms with Crippen molar-refractivity contribution in [1.82, 2.24) is 14.9 Å². The molecular weight excluding hydrogens is 402 g/mol. The highest BCUT2D eigenvalue weighted by molar-refractivity contribution is 5.97. The number of carboxylic acid groups (broad SMARTS) is 1. The van der Waals surface area contributed by atoms with Crippen LogP contribution in [0.25, 0.3) is 5.69 Å². The van der Waals surface area contributed by atoms with Gasteiger partial charge in [0.1, 0.15) is 18.1 Å². The first-order valence-corrected chi connectivity index (χ1v) is 10.4. The van der Waals surface area contributed by atoms with E-state index in [1.54, 1.807) is 24.3 Å². The molecule has 0 bridgehead atoms. The fraction of sp³-hybridized carbons (Fsp3) is 0.455. The van der Waals surface area contributed by atoms with Gasteiger partial charge in [-0.15, -0.1) is 0 Å². The van der Waals surface area contributed by atoms with Crippen molar-refractivity contribution >= 4 is 11.9 Å². The molecule has 1 aliphatic carbocycles. The van der Waals surface area contributed by atoms with Gasteiger partial charge < -0.3 is 20.3 Å². The second-order valence-electron chi connectivity index (χ2n) is 7.88. The smallest absolute Gasteiger partial charge is 0.322 e. The maximum absolute atomic E-state index is 13.3. The molecule has 0 atom stereocenters. The number of ether oxygens (including phenoxy) is 1. The van der Waals surface area contributed by atoms with Gasteiger partial charge in [-0.05, 0) is 51.0 Å².